The van der Waals surface area contributed by atoms with E-state index in [0.29, 0.717) is 6.54 Å². The van der Waals surface area contributed by atoms with Crippen molar-refractivity contribution < 1.29 is 4.92 Å². The minimum atomic E-state index is -0.428. The van der Waals surface area contributed by atoms with Crippen LogP contribution in [0, 0.1) is 10.1 Å². The molecule has 0 atom stereocenters. The summed E-state index contributed by atoms with van der Waals surface area (Å²) in [6.45, 7) is 5.55. The van der Waals surface area contributed by atoms with Gasteiger partial charge < -0.3 is 0 Å². The molecule has 0 unspecified atom stereocenters. The molecule has 136 valence electrons. The van der Waals surface area contributed by atoms with Crippen LogP contribution in [-0.4, -0.2) is 47.4 Å². The van der Waals surface area contributed by atoms with E-state index in [1.54, 1.807) is 12.1 Å². The second-order valence-corrected chi connectivity index (χ2v) is 6.84. The van der Waals surface area contributed by atoms with E-state index in [0.717, 1.165) is 38.3 Å². The normalized spacial score (nSPS) is 16.2. The molecule has 1 aliphatic rings. The number of rotatable bonds is 6. The van der Waals surface area contributed by atoms with Gasteiger partial charge >= 0.3 is 0 Å². The van der Waals surface area contributed by atoms with E-state index in [1.807, 2.05) is 24.3 Å². The number of nitrogens with zero attached hydrogens (tertiary/aromatic N) is 3. The Morgan fingerprint density at radius 3 is 2.42 bits per heavy atom. The first kappa shape index (κ1) is 18.6. The monoisotopic (exact) mass is 371 g/mol. The molecule has 3 rings (SSSR count). The van der Waals surface area contributed by atoms with Gasteiger partial charge in [-0.05, 0) is 17.2 Å². The molecule has 0 amide bonds. The lowest BCUT2D eigenvalue weighted by Crippen LogP contribution is -2.45. The van der Waals surface area contributed by atoms with E-state index in [9.17, 15) is 10.1 Å². The number of nitro benzene ring substituents is 1. The number of halogens is 1. The van der Waals surface area contributed by atoms with Gasteiger partial charge in [0.05, 0.1) is 4.92 Å². The van der Waals surface area contributed by atoms with Crippen molar-refractivity contribution in [3.05, 3.63) is 80.9 Å². The van der Waals surface area contributed by atoms with Crippen molar-refractivity contribution in [2.24, 2.45) is 0 Å². The lowest BCUT2D eigenvalue weighted by Gasteiger charge is -2.34. The minimum Gasteiger partial charge on any atom is -0.297 e. The summed E-state index contributed by atoms with van der Waals surface area (Å²) in [5, 5.41) is 11.2. The number of benzene rings is 2. The molecule has 1 saturated heterocycles. The molecule has 5 nitrogen and oxygen atoms in total. The van der Waals surface area contributed by atoms with Gasteiger partial charge in [0, 0.05) is 45.3 Å². The fraction of sp³-hybridized carbons (Fsp3) is 0.300. The first-order valence-corrected chi connectivity index (χ1v) is 9.09. The summed E-state index contributed by atoms with van der Waals surface area (Å²) in [4.78, 5) is 15.3. The minimum absolute atomic E-state index is 0.0196. The molecule has 2 aromatic rings. The zero-order valence-corrected chi connectivity index (χ0v) is 15.3. The van der Waals surface area contributed by atoms with Crippen molar-refractivity contribution in [1.82, 2.24) is 9.80 Å². The van der Waals surface area contributed by atoms with Crippen LogP contribution in [0.15, 0.2) is 54.6 Å². The number of hydrogen-bond donors (Lipinski definition) is 0. The van der Waals surface area contributed by atoms with Crippen LogP contribution in [0.1, 0.15) is 11.1 Å². The van der Waals surface area contributed by atoms with Crippen molar-refractivity contribution in [2.45, 2.75) is 6.54 Å². The van der Waals surface area contributed by atoms with Gasteiger partial charge in [-0.2, -0.15) is 0 Å². The maximum Gasteiger partial charge on any atom is 0.288 e. The number of piperazine rings is 1. The Kier molecular flexibility index (Phi) is 6.39. The molecule has 2 aromatic carbocycles. The Hall–Kier alpha value is -2.21. The van der Waals surface area contributed by atoms with Crippen molar-refractivity contribution in [3.63, 3.8) is 0 Å². The van der Waals surface area contributed by atoms with Gasteiger partial charge in [0.25, 0.3) is 5.69 Å². The van der Waals surface area contributed by atoms with E-state index >= 15 is 0 Å². The van der Waals surface area contributed by atoms with Gasteiger partial charge in [-0.3, -0.25) is 19.9 Å². The highest BCUT2D eigenvalue weighted by Crippen LogP contribution is 2.25. The van der Waals surface area contributed by atoms with Gasteiger partial charge in [0.2, 0.25) is 0 Å². The zero-order chi connectivity index (χ0) is 18.4. The fourth-order valence-corrected chi connectivity index (χ4v) is 3.27. The number of hydrogen-bond acceptors (Lipinski definition) is 4. The van der Waals surface area contributed by atoms with Crippen molar-refractivity contribution >= 4 is 23.4 Å². The third-order valence-electron chi connectivity index (χ3n) is 4.55. The maximum absolute atomic E-state index is 11.0. The lowest BCUT2D eigenvalue weighted by molar-refractivity contribution is -0.384. The summed E-state index contributed by atoms with van der Waals surface area (Å²) in [5.41, 5.74) is 2.13. The topological polar surface area (TPSA) is 49.6 Å². The van der Waals surface area contributed by atoms with Crippen LogP contribution in [-0.2, 0) is 6.54 Å². The Labute approximate surface area is 158 Å². The molecule has 0 spiro atoms. The average Bonchev–Trinajstić information content (AvgIpc) is 2.65. The highest BCUT2D eigenvalue weighted by Gasteiger charge is 2.18. The summed E-state index contributed by atoms with van der Waals surface area (Å²) in [5.74, 6) is 0. The molecule has 26 heavy (non-hydrogen) atoms. The Morgan fingerprint density at radius 2 is 1.73 bits per heavy atom. The van der Waals surface area contributed by atoms with E-state index < -0.39 is 4.92 Å². The first-order chi connectivity index (χ1) is 12.6. The highest BCUT2D eigenvalue weighted by atomic mass is 35.5. The molecule has 0 aliphatic carbocycles. The summed E-state index contributed by atoms with van der Waals surface area (Å²) in [6, 6.07) is 15.4. The Bertz CT molecular complexity index is 772. The van der Waals surface area contributed by atoms with Crippen LogP contribution in [0.25, 0.3) is 6.08 Å². The first-order valence-electron chi connectivity index (χ1n) is 8.71. The predicted molar refractivity (Wildman–Crippen MR) is 105 cm³/mol. The molecule has 0 aromatic heterocycles. The average molecular weight is 372 g/mol. The summed E-state index contributed by atoms with van der Waals surface area (Å²) < 4.78 is 0. The van der Waals surface area contributed by atoms with E-state index in [1.165, 1.54) is 5.56 Å². The van der Waals surface area contributed by atoms with Gasteiger partial charge in [-0.25, -0.2) is 0 Å². The highest BCUT2D eigenvalue weighted by molar-refractivity contribution is 6.32. The summed E-state index contributed by atoms with van der Waals surface area (Å²) in [7, 11) is 0. The van der Waals surface area contributed by atoms with Gasteiger partial charge in [0.1, 0.15) is 5.02 Å². The van der Waals surface area contributed by atoms with Gasteiger partial charge in [-0.15, -0.1) is 0 Å². The molecule has 0 N–H and O–H groups in total. The molecule has 6 heteroatoms. The van der Waals surface area contributed by atoms with Gasteiger partial charge in [-0.1, -0.05) is 60.2 Å². The van der Waals surface area contributed by atoms with E-state index in [4.69, 9.17) is 11.6 Å². The quantitative estimate of drug-likeness (QED) is 0.567. The predicted octanol–water partition coefficient (Wildman–Crippen LogP) is 4.08. The van der Waals surface area contributed by atoms with Crippen molar-refractivity contribution in [1.29, 1.82) is 0 Å². The third-order valence-corrected chi connectivity index (χ3v) is 4.87. The molecule has 1 heterocycles. The summed E-state index contributed by atoms with van der Waals surface area (Å²) >= 11 is 5.88. The van der Waals surface area contributed by atoms with Crippen LogP contribution < -0.4 is 0 Å². The lowest BCUT2D eigenvalue weighted by atomic mass is 10.1. The van der Waals surface area contributed by atoms with Crippen LogP contribution in [0.5, 0.6) is 0 Å². The molecule has 0 radical (unpaired) electrons. The standard InChI is InChI=1S/C20H22ClN3O2/c21-19-9-8-18(15-20(19)24(25)26)16-23-13-11-22(12-14-23)10-4-7-17-5-2-1-3-6-17/h1-9,15H,10-14,16H2. The maximum atomic E-state index is 11.0. The largest absolute Gasteiger partial charge is 0.297 e. The van der Waals surface area contributed by atoms with E-state index in [-0.39, 0.29) is 10.7 Å². The second-order valence-electron chi connectivity index (χ2n) is 6.43. The van der Waals surface area contributed by atoms with Crippen molar-refractivity contribution in [3.8, 4) is 0 Å². The Morgan fingerprint density at radius 1 is 1.04 bits per heavy atom. The Balaban J connectivity index is 1.47. The zero-order valence-electron chi connectivity index (χ0n) is 14.6. The molecular weight excluding hydrogens is 350 g/mol. The smallest absolute Gasteiger partial charge is 0.288 e. The van der Waals surface area contributed by atoms with Crippen LogP contribution in [0.2, 0.25) is 5.02 Å². The summed E-state index contributed by atoms with van der Waals surface area (Å²) in [6.07, 6.45) is 4.35. The molecule has 0 saturated carbocycles. The fourth-order valence-electron chi connectivity index (χ4n) is 3.09. The molecular formula is C20H22ClN3O2. The SMILES string of the molecule is O=[N+]([O-])c1cc(CN2CCN(CC=Cc3ccccc3)CC2)ccc1Cl. The third kappa shape index (κ3) is 5.14. The molecule has 1 fully saturated rings. The number of nitro groups is 1. The van der Waals surface area contributed by atoms with Crippen LogP contribution >= 0.6 is 11.6 Å². The van der Waals surface area contributed by atoms with Gasteiger partial charge in [0.15, 0.2) is 0 Å². The van der Waals surface area contributed by atoms with Crippen molar-refractivity contribution in [2.75, 3.05) is 32.7 Å². The van der Waals surface area contributed by atoms with Crippen LogP contribution in [0.4, 0.5) is 5.69 Å². The van der Waals surface area contributed by atoms with Crippen LogP contribution in [0.3, 0.4) is 0 Å². The molecule has 0 bridgehead atoms. The van der Waals surface area contributed by atoms with E-state index in [2.05, 4.69) is 34.1 Å². The molecule has 1 aliphatic heterocycles. The second kappa shape index (κ2) is 8.94.